The van der Waals surface area contributed by atoms with Crippen LogP contribution in [0, 0.1) is 0 Å². The van der Waals surface area contributed by atoms with Gasteiger partial charge in [-0.3, -0.25) is 0 Å². The van der Waals surface area contributed by atoms with Gasteiger partial charge in [0.1, 0.15) is 54.4 Å². The van der Waals surface area contributed by atoms with E-state index in [9.17, 15) is 30.6 Å². The van der Waals surface area contributed by atoms with E-state index < -0.39 is 74.3 Å². The summed E-state index contributed by atoms with van der Waals surface area (Å²) in [6.45, 7) is -1.89. The Bertz CT molecular complexity index is 379. The molecule has 10 heteroatoms. The van der Waals surface area contributed by atoms with E-state index >= 15 is 0 Å². The molecule has 0 spiro atoms. The Morgan fingerprint density at radius 3 is 1.95 bits per heavy atom. The largest absolute Gasteiger partial charge is 0.394 e. The first kappa shape index (κ1) is 17.9. The van der Waals surface area contributed by atoms with E-state index in [-0.39, 0.29) is 0 Å². The van der Waals surface area contributed by atoms with Crippen molar-refractivity contribution < 1.29 is 50.3 Å². The van der Waals surface area contributed by atoms with Gasteiger partial charge in [-0.15, -0.1) is 0 Å². The van der Waals surface area contributed by atoms with Gasteiger partial charge in [-0.25, -0.2) is 0 Å². The highest BCUT2D eigenvalue weighted by molar-refractivity contribution is 5.08. The van der Waals surface area contributed by atoms with Crippen LogP contribution in [0.1, 0.15) is 0 Å². The van der Waals surface area contributed by atoms with Crippen LogP contribution in [0.2, 0.25) is 0 Å². The van der Waals surface area contributed by atoms with Crippen molar-refractivity contribution in [2.75, 3.05) is 19.8 Å². The summed E-state index contributed by atoms with van der Waals surface area (Å²) >= 11 is 0. The summed E-state index contributed by atoms with van der Waals surface area (Å²) < 4.78 is 10.2. The molecule has 0 bridgehead atoms. The first-order valence-corrected chi connectivity index (χ1v) is 6.89. The van der Waals surface area contributed by atoms with E-state index in [0.29, 0.717) is 0 Å². The molecule has 9 atom stereocenters. The van der Waals surface area contributed by atoms with Crippen molar-refractivity contribution in [3.8, 4) is 0 Å². The maximum Gasteiger partial charge on any atom is 0.145 e. The standard InChI is InChI=1S/C12H22O10/c13-1-4-7(16)10(19)12(20,3-21-4)11-9(18)8(17)6(15)5(2-14)22-11/h4-11,13-20H,1-3H2/t4-,5-,6-,7-,8+,9-,10+,11-,12+/m1/s1. The maximum absolute atomic E-state index is 10.6. The summed E-state index contributed by atoms with van der Waals surface area (Å²) in [5.74, 6) is 0. The molecule has 22 heavy (non-hydrogen) atoms. The van der Waals surface area contributed by atoms with E-state index in [0.717, 1.165) is 0 Å². The number of rotatable bonds is 3. The molecular formula is C12H22O10. The monoisotopic (exact) mass is 326 g/mol. The van der Waals surface area contributed by atoms with Gasteiger partial charge in [0.15, 0.2) is 0 Å². The van der Waals surface area contributed by atoms with Crippen LogP contribution in [0.5, 0.6) is 0 Å². The molecule has 10 nitrogen and oxygen atoms in total. The van der Waals surface area contributed by atoms with Crippen LogP contribution in [0.4, 0.5) is 0 Å². The molecule has 0 aromatic heterocycles. The van der Waals surface area contributed by atoms with Crippen molar-refractivity contribution in [2.45, 2.75) is 54.4 Å². The molecule has 2 rings (SSSR count). The van der Waals surface area contributed by atoms with E-state index in [1.54, 1.807) is 0 Å². The van der Waals surface area contributed by atoms with Crippen LogP contribution in [-0.4, -0.2) is 115 Å². The molecular weight excluding hydrogens is 304 g/mol. The molecule has 0 aromatic rings. The fourth-order valence-electron chi connectivity index (χ4n) is 2.85. The van der Waals surface area contributed by atoms with Gasteiger partial charge in [0.2, 0.25) is 0 Å². The SMILES string of the molecule is OC[C@H]1OC[C@@](O)([C@@H]2O[C@H](CO)[C@@H](O)[C@H](O)[C@H]2O)[C@@H](O)[C@@H]1O. The molecule has 0 aliphatic carbocycles. The highest BCUT2D eigenvalue weighted by atomic mass is 16.6. The van der Waals surface area contributed by atoms with Crippen molar-refractivity contribution in [2.24, 2.45) is 0 Å². The predicted octanol–water partition coefficient (Wildman–Crippen LogP) is -5.33. The normalized spacial score (nSPS) is 53.5. The van der Waals surface area contributed by atoms with Crippen LogP contribution in [-0.2, 0) is 9.47 Å². The molecule has 0 unspecified atom stereocenters. The molecule has 2 aliphatic rings. The minimum atomic E-state index is -2.31. The molecule has 2 fully saturated rings. The Morgan fingerprint density at radius 1 is 0.818 bits per heavy atom. The van der Waals surface area contributed by atoms with Crippen LogP contribution in [0.25, 0.3) is 0 Å². The highest BCUT2D eigenvalue weighted by Crippen LogP contribution is 2.35. The Labute approximate surface area is 125 Å². The number of aliphatic hydroxyl groups excluding tert-OH is 7. The average Bonchev–Trinajstić information content (AvgIpc) is 2.51. The van der Waals surface area contributed by atoms with Gasteiger partial charge in [0.25, 0.3) is 0 Å². The van der Waals surface area contributed by atoms with Crippen molar-refractivity contribution in [3.63, 3.8) is 0 Å². The lowest BCUT2D eigenvalue weighted by molar-refractivity contribution is -0.323. The summed E-state index contributed by atoms with van der Waals surface area (Å²) in [6, 6.07) is 0. The number of hydrogen-bond donors (Lipinski definition) is 8. The first-order chi connectivity index (χ1) is 10.3. The molecule has 8 N–H and O–H groups in total. The zero-order valence-electron chi connectivity index (χ0n) is 11.6. The Kier molecular flexibility index (Phi) is 5.39. The van der Waals surface area contributed by atoms with Gasteiger partial charge in [-0.2, -0.15) is 0 Å². The zero-order valence-corrected chi connectivity index (χ0v) is 11.6. The fraction of sp³-hybridized carbons (Fsp3) is 1.00. The molecule has 2 heterocycles. The van der Waals surface area contributed by atoms with E-state index in [4.69, 9.17) is 19.7 Å². The quantitative estimate of drug-likeness (QED) is 0.249. The molecule has 130 valence electrons. The molecule has 0 saturated carbocycles. The summed E-state index contributed by atoms with van der Waals surface area (Å²) in [7, 11) is 0. The summed E-state index contributed by atoms with van der Waals surface area (Å²) in [5, 5.41) is 78.1. The lowest BCUT2D eigenvalue weighted by atomic mass is 9.78. The Hall–Kier alpha value is -0.400. The van der Waals surface area contributed by atoms with Gasteiger partial charge in [-0.05, 0) is 0 Å². The summed E-state index contributed by atoms with van der Waals surface area (Å²) in [6.07, 6.45) is -12.7. The lowest BCUT2D eigenvalue weighted by Crippen LogP contribution is -2.73. The molecule has 0 radical (unpaired) electrons. The third-order valence-electron chi connectivity index (χ3n) is 4.31. The molecule has 2 saturated heterocycles. The van der Waals surface area contributed by atoms with Crippen molar-refractivity contribution in [1.29, 1.82) is 0 Å². The van der Waals surface area contributed by atoms with Crippen molar-refractivity contribution in [1.82, 2.24) is 0 Å². The van der Waals surface area contributed by atoms with Gasteiger partial charge >= 0.3 is 0 Å². The smallest absolute Gasteiger partial charge is 0.145 e. The third-order valence-corrected chi connectivity index (χ3v) is 4.31. The summed E-state index contributed by atoms with van der Waals surface area (Å²) in [5.41, 5.74) is -2.31. The molecule has 0 aromatic carbocycles. The Balaban J connectivity index is 2.24. The van der Waals surface area contributed by atoms with Crippen LogP contribution < -0.4 is 0 Å². The predicted molar refractivity (Wildman–Crippen MR) is 67.6 cm³/mol. The first-order valence-electron chi connectivity index (χ1n) is 6.89. The van der Waals surface area contributed by atoms with Crippen molar-refractivity contribution >= 4 is 0 Å². The Morgan fingerprint density at radius 2 is 1.41 bits per heavy atom. The van der Waals surface area contributed by atoms with Crippen LogP contribution >= 0.6 is 0 Å². The number of aliphatic hydroxyl groups is 8. The van der Waals surface area contributed by atoms with E-state index in [1.807, 2.05) is 0 Å². The number of ether oxygens (including phenoxy) is 2. The average molecular weight is 326 g/mol. The van der Waals surface area contributed by atoms with Gasteiger partial charge in [0, 0.05) is 0 Å². The minimum Gasteiger partial charge on any atom is -0.394 e. The van der Waals surface area contributed by atoms with Crippen molar-refractivity contribution in [3.05, 3.63) is 0 Å². The second-order valence-corrected chi connectivity index (χ2v) is 5.71. The van der Waals surface area contributed by atoms with E-state index in [1.165, 1.54) is 0 Å². The minimum absolute atomic E-state index is 0.594. The maximum atomic E-state index is 10.6. The second-order valence-electron chi connectivity index (χ2n) is 5.71. The van der Waals surface area contributed by atoms with Crippen LogP contribution in [0.3, 0.4) is 0 Å². The van der Waals surface area contributed by atoms with Gasteiger partial charge in [-0.1, -0.05) is 0 Å². The van der Waals surface area contributed by atoms with Gasteiger partial charge < -0.3 is 50.3 Å². The highest BCUT2D eigenvalue weighted by Gasteiger charge is 2.59. The van der Waals surface area contributed by atoms with Gasteiger partial charge in [0.05, 0.1) is 19.8 Å². The lowest BCUT2D eigenvalue weighted by Gasteiger charge is -2.51. The van der Waals surface area contributed by atoms with Crippen LogP contribution in [0.15, 0.2) is 0 Å². The topological polar surface area (TPSA) is 180 Å². The second kappa shape index (κ2) is 6.61. The number of hydrogen-bond acceptors (Lipinski definition) is 10. The zero-order chi connectivity index (χ0) is 16.7. The third kappa shape index (κ3) is 2.76. The fourth-order valence-corrected chi connectivity index (χ4v) is 2.85. The molecule has 0 amide bonds. The van der Waals surface area contributed by atoms with E-state index in [2.05, 4.69) is 0 Å². The summed E-state index contributed by atoms with van der Waals surface area (Å²) in [4.78, 5) is 0. The molecule has 2 aliphatic heterocycles.